The Hall–Kier alpha value is -1.42. The highest BCUT2D eigenvalue weighted by molar-refractivity contribution is 5.94. The van der Waals surface area contributed by atoms with Gasteiger partial charge in [-0.05, 0) is 30.9 Å². The second-order valence-corrected chi connectivity index (χ2v) is 4.39. The van der Waals surface area contributed by atoms with E-state index in [4.69, 9.17) is 5.73 Å². The van der Waals surface area contributed by atoms with Crippen molar-refractivity contribution in [2.75, 3.05) is 5.32 Å². The molecule has 4 nitrogen and oxygen atoms in total. The number of aryl methyl sites for hydroxylation is 1. The second kappa shape index (κ2) is 5.61. The number of anilines is 1. The van der Waals surface area contributed by atoms with Crippen LogP contribution in [0, 0.1) is 12.8 Å². The third-order valence-corrected chi connectivity index (χ3v) is 2.31. The van der Waals surface area contributed by atoms with Crippen molar-refractivity contribution in [3.63, 3.8) is 0 Å². The van der Waals surface area contributed by atoms with E-state index in [1.807, 2.05) is 32.9 Å². The highest BCUT2D eigenvalue weighted by Gasteiger charge is 2.15. The largest absolute Gasteiger partial charge is 0.320 e. The van der Waals surface area contributed by atoms with Crippen molar-refractivity contribution in [3.05, 3.63) is 23.9 Å². The van der Waals surface area contributed by atoms with Crippen molar-refractivity contribution in [2.45, 2.75) is 33.2 Å². The van der Waals surface area contributed by atoms with Crippen molar-refractivity contribution in [2.24, 2.45) is 11.7 Å². The van der Waals surface area contributed by atoms with Gasteiger partial charge in [-0.3, -0.25) is 4.79 Å². The molecule has 0 radical (unpaired) electrons. The topological polar surface area (TPSA) is 68.0 Å². The highest BCUT2D eigenvalue weighted by Crippen LogP contribution is 2.10. The molecular weight excluding hydrogens is 202 g/mol. The van der Waals surface area contributed by atoms with Gasteiger partial charge in [-0.15, -0.1) is 0 Å². The molecule has 0 spiro atoms. The first-order chi connectivity index (χ1) is 7.50. The average molecular weight is 221 g/mol. The fourth-order valence-corrected chi connectivity index (χ4v) is 1.44. The summed E-state index contributed by atoms with van der Waals surface area (Å²) in [6.45, 7) is 5.98. The Kier molecular flexibility index (Phi) is 4.43. The van der Waals surface area contributed by atoms with Gasteiger partial charge in [-0.2, -0.15) is 0 Å². The molecule has 1 aromatic heterocycles. The average Bonchev–Trinajstić information content (AvgIpc) is 2.20. The molecule has 1 amide bonds. The number of hydrogen-bond acceptors (Lipinski definition) is 3. The van der Waals surface area contributed by atoms with Crippen LogP contribution in [-0.4, -0.2) is 16.9 Å². The van der Waals surface area contributed by atoms with Gasteiger partial charge in [-0.25, -0.2) is 4.98 Å². The minimum atomic E-state index is -0.471. The molecule has 1 atom stereocenters. The molecule has 0 aromatic carbocycles. The lowest BCUT2D eigenvalue weighted by molar-refractivity contribution is -0.117. The number of aromatic nitrogens is 1. The van der Waals surface area contributed by atoms with E-state index in [-0.39, 0.29) is 5.91 Å². The summed E-state index contributed by atoms with van der Waals surface area (Å²) in [7, 11) is 0. The van der Waals surface area contributed by atoms with Crippen molar-refractivity contribution in [1.82, 2.24) is 4.98 Å². The number of pyridine rings is 1. The molecule has 0 saturated heterocycles. The van der Waals surface area contributed by atoms with E-state index < -0.39 is 6.04 Å². The van der Waals surface area contributed by atoms with Gasteiger partial charge in [0.15, 0.2) is 0 Å². The Bertz CT molecular complexity index is 363. The first-order valence-corrected chi connectivity index (χ1v) is 5.48. The summed E-state index contributed by atoms with van der Waals surface area (Å²) < 4.78 is 0. The van der Waals surface area contributed by atoms with E-state index in [2.05, 4.69) is 10.3 Å². The number of carbonyl (C=O) groups is 1. The molecule has 0 saturated carbocycles. The van der Waals surface area contributed by atoms with Gasteiger partial charge < -0.3 is 11.1 Å². The number of nitrogens with zero attached hydrogens (tertiary/aromatic N) is 1. The normalized spacial score (nSPS) is 12.6. The highest BCUT2D eigenvalue weighted by atomic mass is 16.2. The Morgan fingerprint density at radius 2 is 2.25 bits per heavy atom. The monoisotopic (exact) mass is 221 g/mol. The first-order valence-electron chi connectivity index (χ1n) is 5.48. The molecule has 1 rings (SSSR count). The third-order valence-electron chi connectivity index (χ3n) is 2.31. The molecule has 0 aliphatic heterocycles. The summed E-state index contributed by atoms with van der Waals surface area (Å²) >= 11 is 0. The molecule has 16 heavy (non-hydrogen) atoms. The Labute approximate surface area is 96.3 Å². The van der Waals surface area contributed by atoms with Gasteiger partial charge in [0.2, 0.25) is 5.91 Å². The van der Waals surface area contributed by atoms with E-state index in [1.165, 1.54) is 0 Å². The van der Waals surface area contributed by atoms with E-state index >= 15 is 0 Å². The zero-order valence-corrected chi connectivity index (χ0v) is 10.0. The fraction of sp³-hybridized carbons (Fsp3) is 0.500. The number of hydrogen-bond donors (Lipinski definition) is 2. The molecule has 1 heterocycles. The molecular formula is C12H19N3O. The van der Waals surface area contributed by atoms with E-state index in [9.17, 15) is 4.79 Å². The van der Waals surface area contributed by atoms with E-state index in [0.717, 1.165) is 5.56 Å². The molecule has 3 N–H and O–H groups in total. The fourth-order valence-electron chi connectivity index (χ4n) is 1.44. The van der Waals surface area contributed by atoms with Crippen LogP contribution in [0.15, 0.2) is 18.3 Å². The molecule has 0 aliphatic rings. The summed E-state index contributed by atoms with van der Waals surface area (Å²) in [5.41, 5.74) is 6.71. The number of amides is 1. The van der Waals surface area contributed by atoms with Crippen LogP contribution in [0.25, 0.3) is 0 Å². The van der Waals surface area contributed by atoms with E-state index in [1.54, 1.807) is 6.20 Å². The maximum Gasteiger partial charge on any atom is 0.242 e. The minimum Gasteiger partial charge on any atom is -0.320 e. The number of nitrogens with one attached hydrogen (secondary N) is 1. The predicted octanol–water partition coefficient (Wildman–Crippen LogP) is 1.70. The summed E-state index contributed by atoms with van der Waals surface area (Å²) in [6.07, 6.45) is 2.33. The molecule has 0 unspecified atom stereocenters. The van der Waals surface area contributed by atoms with Crippen LogP contribution < -0.4 is 11.1 Å². The Morgan fingerprint density at radius 3 is 2.81 bits per heavy atom. The summed E-state index contributed by atoms with van der Waals surface area (Å²) in [5, 5.41) is 2.74. The van der Waals surface area contributed by atoms with Crippen LogP contribution in [0.2, 0.25) is 0 Å². The van der Waals surface area contributed by atoms with Gasteiger partial charge in [0.25, 0.3) is 0 Å². The van der Waals surface area contributed by atoms with Crippen molar-refractivity contribution in [3.8, 4) is 0 Å². The first kappa shape index (κ1) is 12.6. The van der Waals surface area contributed by atoms with E-state index in [0.29, 0.717) is 18.2 Å². The van der Waals surface area contributed by atoms with Crippen LogP contribution in [0.1, 0.15) is 25.8 Å². The smallest absolute Gasteiger partial charge is 0.242 e. The van der Waals surface area contributed by atoms with Gasteiger partial charge in [0, 0.05) is 6.20 Å². The number of carbonyl (C=O) groups excluding carboxylic acids is 1. The molecule has 1 aromatic rings. The minimum absolute atomic E-state index is 0.171. The molecule has 0 aliphatic carbocycles. The van der Waals surface area contributed by atoms with Crippen LogP contribution >= 0.6 is 0 Å². The molecule has 88 valence electrons. The standard InChI is InChI=1S/C12H19N3O/c1-8(2)7-10(13)12(16)15-11-9(3)5-4-6-14-11/h4-6,8,10H,7,13H2,1-3H3,(H,14,15,16)/t10-/m0/s1. The van der Waals surface area contributed by atoms with Gasteiger partial charge >= 0.3 is 0 Å². The Morgan fingerprint density at radius 1 is 1.56 bits per heavy atom. The maximum atomic E-state index is 11.7. The number of nitrogens with two attached hydrogens (primary N) is 1. The zero-order chi connectivity index (χ0) is 12.1. The van der Waals surface area contributed by atoms with Gasteiger partial charge in [-0.1, -0.05) is 19.9 Å². The van der Waals surface area contributed by atoms with Crippen LogP contribution in [0.4, 0.5) is 5.82 Å². The lowest BCUT2D eigenvalue weighted by atomic mass is 10.0. The van der Waals surface area contributed by atoms with Crippen molar-refractivity contribution in [1.29, 1.82) is 0 Å². The quantitative estimate of drug-likeness (QED) is 0.813. The van der Waals surface area contributed by atoms with Crippen molar-refractivity contribution < 1.29 is 4.79 Å². The summed E-state index contributed by atoms with van der Waals surface area (Å²) in [5.74, 6) is 0.827. The van der Waals surface area contributed by atoms with Crippen molar-refractivity contribution >= 4 is 11.7 Å². The van der Waals surface area contributed by atoms with Gasteiger partial charge in [0.1, 0.15) is 5.82 Å². The summed E-state index contributed by atoms with van der Waals surface area (Å²) in [6, 6.07) is 3.26. The predicted molar refractivity (Wildman–Crippen MR) is 65.0 cm³/mol. The zero-order valence-electron chi connectivity index (χ0n) is 10.0. The Balaban J connectivity index is 2.61. The second-order valence-electron chi connectivity index (χ2n) is 4.39. The lowest BCUT2D eigenvalue weighted by Crippen LogP contribution is -2.37. The maximum absolute atomic E-state index is 11.7. The van der Waals surface area contributed by atoms with Gasteiger partial charge in [0.05, 0.1) is 6.04 Å². The van der Waals surface area contributed by atoms with Crippen LogP contribution in [-0.2, 0) is 4.79 Å². The molecule has 4 heteroatoms. The number of rotatable bonds is 4. The molecule has 0 fully saturated rings. The third kappa shape index (κ3) is 3.62. The SMILES string of the molecule is Cc1cccnc1NC(=O)[C@@H](N)CC(C)C. The molecule has 0 bridgehead atoms. The summed E-state index contributed by atoms with van der Waals surface area (Å²) in [4.78, 5) is 15.8. The van der Waals surface area contributed by atoms with Crippen LogP contribution in [0.5, 0.6) is 0 Å². The van der Waals surface area contributed by atoms with Crippen LogP contribution in [0.3, 0.4) is 0 Å². The lowest BCUT2D eigenvalue weighted by Gasteiger charge is -2.14.